The molecule has 0 fully saturated rings. The Kier molecular flexibility index (Phi) is 6.57. The van der Waals surface area contributed by atoms with Crippen LogP contribution in [0.25, 0.3) is 6.08 Å². The molecular formula is C20H24N2O3. The van der Waals surface area contributed by atoms with E-state index in [1.807, 2.05) is 26.0 Å². The van der Waals surface area contributed by atoms with E-state index in [2.05, 4.69) is 17.6 Å². The summed E-state index contributed by atoms with van der Waals surface area (Å²) in [6.45, 7) is 5.85. The summed E-state index contributed by atoms with van der Waals surface area (Å²) >= 11 is 0. The van der Waals surface area contributed by atoms with E-state index in [0.717, 1.165) is 18.4 Å². The predicted octanol–water partition coefficient (Wildman–Crippen LogP) is 3.66. The standard InChI is InChI=1S/C20H24N2O3/c1-4-8-15(3)21-20(24)18(13-16-10-7-12-25-16)22-19(23)17-11-6-5-9-14(17)2/h5-7,9-13,15H,4,8H2,1-3H3,(H,21,24)(H,22,23)/b18-13-/t15-/m0/s1. The number of furan rings is 1. The lowest BCUT2D eigenvalue weighted by Crippen LogP contribution is -2.39. The third kappa shape index (κ3) is 5.35. The molecule has 2 N–H and O–H groups in total. The van der Waals surface area contributed by atoms with E-state index in [1.54, 1.807) is 24.3 Å². The fraction of sp³-hybridized carbons (Fsp3) is 0.300. The summed E-state index contributed by atoms with van der Waals surface area (Å²) < 4.78 is 5.27. The van der Waals surface area contributed by atoms with Crippen molar-refractivity contribution in [1.82, 2.24) is 10.6 Å². The number of carbonyl (C=O) groups excluding carboxylic acids is 2. The van der Waals surface area contributed by atoms with Crippen molar-refractivity contribution in [3.05, 3.63) is 65.2 Å². The van der Waals surface area contributed by atoms with E-state index in [-0.39, 0.29) is 23.6 Å². The van der Waals surface area contributed by atoms with Crippen molar-refractivity contribution in [3.63, 3.8) is 0 Å². The maximum absolute atomic E-state index is 12.6. The number of carbonyl (C=O) groups is 2. The van der Waals surface area contributed by atoms with Crippen LogP contribution in [0.3, 0.4) is 0 Å². The number of aryl methyl sites for hydroxylation is 1. The van der Waals surface area contributed by atoms with E-state index < -0.39 is 0 Å². The quantitative estimate of drug-likeness (QED) is 0.756. The summed E-state index contributed by atoms with van der Waals surface area (Å²) in [6.07, 6.45) is 4.88. The Hall–Kier alpha value is -2.82. The first-order valence-electron chi connectivity index (χ1n) is 8.44. The summed E-state index contributed by atoms with van der Waals surface area (Å²) in [5.74, 6) is -0.160. The van der Waals surface area contributed by atoms with Gasteiger partial charge in [-0.05, 0) is 44.0 Å². The molecule has 0 saturated carbocycles. The Morgan fingerprint density at radius 3 is 2.60 bits per heavy atom. The first kappa shape index (κ1) is 18.5. The van der Waals surface area contributed by atoms with Gasteiger partial charge in [0.1, 0.15) is 11.5 Å². The van der Waals surface area contributed by atoms with Gasteiger partial charge in [0.05, 0.1) is 6.26 Å². The molecule has 0 saturated heterocycles. The average molecular weight is 340 g/mol. The molecule has 0 aliphatic carbocycles. The van der Waals surface area contributed by atoms with Crippen LogP contribution in [0.15, 0.2) is 52.8 Å². The van der Waals surface area contributed by atoms with Gasteiger partial charge in [-0.1, -0.05) is 31.5 Å². The molecule has 5 nitrogen and oxygen atoms in total. The minimum absolute atomic E-state index is 0.0212. The Bertz CT molecular complexity index is 748. The number of amides is 2. The van der Waals surface area contributed by atoms with Crippen molar-refractivity contribution in [2.24, 2.45) is 0 Å². The van der Waals surface area contributed by atoms with Crippen molar-refractivity contribution in [3.8, 4) is 0 Å². The zero-order chi connectivity index (χ0) is 18.2. The predicted molar refractivity (Wildman–Crippen MR) is 97.8 cm³/mol. The molecule has 1 heterocycles. The van der Waals surface area contributed by atoms with Crippen LogP contribution in [-0.4, -0.2) is 17.9 Å². The summed E-state index contributed by atoms with van der Waals surface area (Å²) in [4.78, 5) is 25.1. The first-order chi connectivity index (χ1) is 12.0. The van der Waals surface area contributed by atoms with Crippen LogP contribution < -0.4 is 10.6 Å². The zero-order valence-corrected chi connectivity index (χ0v) is 14.8. The highest BCUT2D eigenvalue weighted by atomic mass is 16.3. The van der Waals surface area contributed by atoms with Crippen LogP contribution in [0.5, 0.6) is 0 Å². The van der Waals surface area contributed by atoms with Gasteiger partial charge in [0.2, 0.25) is 0 Å². The maximum Gasteiger partial charge on any atom is 0.268 e. The Morgan fingerprint density at radius 1 is 1.20 bits per heavy atom. The van der Waals surface area contributed by atoms with Gasteiger partial charge < -0.3 is 15.1 Å². The van der Waals surface area contributed by atoms with Crippen LogP contribution in [0.2, 0.25) is 0 Å². The van der Waals surface area contributed by atoms with Gasteiger partial charge in [-0.15, -0.1) is 0 Å². The van der Waals surface area contributed by atoms with Crippen molar-refractivity contribution < 1.29 is 14.0 Å². The van der Waals surface area contributed by atoms with E-state index in [0.29, 0.717) is 11.3 Å². The molecule has 1 aromatic carbocycles. The number of hydrogen-bond donors (Lipinski definition) is 2. The normalized spacial score (nSPS) is 12.5. The first-order valence-corrected chi connectivity index (χ1v) is 8.44. The van der Waals surface area contributed by atoms with Crippen LogP contribution in [0.4, 0.5) is 0 Å². The van der Waals surface area contributed by atoms with E-state index in [1.165, 1.54) is 12.3 Å². The molecule has 0 unspecified atom stereocenters. The maximum atomic E-state index is 12.6. The zero-order valence-electron chi connectivity index (χ0n) is 14.8. The number of nitrogens with one attached hydrogen (secondary N) is 2. The molecule has 132 valence electrons. The monoisotopic (exact) mass is 340 g/mol. The number of benzene rings is 1. The van der Waals surface area contributed by atoms with Crippen LogP contribution in [-0.2, 0) is 4.79 Å². The number of rotatable bonds is 7. The third-order valence-corrected chi connectivity index (χ3v) is 3.81. The topological polar surface area (TPSA) is 71.3 Å². The van der Waals surface area contributed by atoms with E-state index >= 15 is 0 Å². The van der Waals surface area contributed by atoms with Crippen molar-refractivity contribution in [2.45, 2.75) is 39.7 Å². The minimum atomic E-state index is -0.334. The number of hydrogen-bond acceptors (Lipinski definition) is 3. The van der Waals surface area contributed by atoms with Crippen molar-refractivity contribution >= 4 is 17.9 Å². The van der Waals surface area contributed by atoms with Gasteiger partial charge in [0.25, 0.3) is 11.8 Å². The lowest BCUT2D eigenvalue weighted by molar-refractivity contribution is -0.118. The molecule has 0 spiro atoms. The molecule has 1 atom stereocenters. The smallest absolute Gasteiger partial charge is 0.268 e. The molecular weight excluding hydrogens is 316 g/mol. The Balaban J connectivity index is 2.22. The highest BCUT2D eigenvalue weighted by molar-refractivity contribution is 6.05. The molecule has 0 radical (unpaired) electrons. The second kappa shape index (κ2) is 8.87. The van der Waals surface area contributed by atoms with Gasteiger partial charge in [-0.3, -0.25) is 9.59 Å². The average Bonchev–Trinajstić information content (AvgIpc) is 3.07. The lowest BCUT2D eigenvalue weighted by atomic mass is 10.1. The highest BCUT2D eigenvalue weighted by Gasteiger charge is 2.17. The highest BCUT2D eigenvalue weighted by Crippen LogP contribution is 2.11. The van der Waals surface area contributed by atoms with Crippen LogP contribution >= 0.6 is 0 Å². The summed E-state index contributed by atoms with van der Waals surface area (Å²) in [5, 5.41) is 5.61. The molecule has 1 aromatic heterocycles. The molecule has 0 aliphatic rings. The molecule has 5 heteroatoms. The Morgan fingerprint density at radius 2 is 1.96 bits per heavy atom. The SMILES string of the molecule is CCC[C@H](C)NC(=O)/C(=C/c1ccco1)NC(=O)c1ccccc1C. The summed E-state index contributed by atoms with van der Waals surface area (Å²) in [7, 11) is 0. The minimum Gasteiger partial charge on any atom is -0.465 e. The summed E-state index contributed by atoms with van der Waals surface area (Å²) in [5.41, 5.74) is 1.53. The van der Waals surface area contributed by atoms with E-state index in [4.69, 9.17) is 4.42 Å². The molecule has 2 amide bonds. The fourth-order valence-corrected chi connectivity index (χ4v) is 2.50. The summed E-state index contributed by atoms with van der Waals surface area (Å²) in [6, 6.07) is 10.7. The lowest BCUT2D eigenvalue weighted by Gasteiger charge is -2.16. The third-order valence-electron chi connectivity index (χ3n) is 3.81. The van der Waals surface area contributed by atoms with Crippen LogP contribution in [0.1, 0.15) is 48.4 Å². The second-order valence-corrected chi connectivity index (χ2v) is 6.01. The van der Waals surface area contributed by atoms with E-state index in [9.17, 15) is 9.59 Å². The molecule has 2 aromatic rings. The molecule has 0 bridgehead atoms. The fourth-order valence-electron chi connectivity index (χ4n) is 2.50. The van der Waals surface area contributed by atoms with Gasteiger partial charge in [-0.25, -0.2) is 0 Å². The van der Waals surface area contributed by atoms with Gasteiger partial charge in [-0.2, -0.15) is 0 Å². The van der Waals surface area contributed by atoms with Crippen molar-refractivity contribution in [1.29, 1.82) is 0 Å². The van der Waals surface area contributed by atoms with Gasteiger partial charge in [0.15, 0.2) is 0 Å². The van der Waals surface area contributed by atoms with Gasteiger partial charge in [0, 0.05) is 17.7 Å². The molecule has 0 aliphatic heterocycles. The van der Waals surface area contributed by atoms with Crippen LogP contribution in [0, 0.1) is 6.92 Å². The Labute approximate surface area is 148 Å². The van der Waals surface area contributed by atoms with Crippen molar-refractivity contribution in [2.75, 3.05) is 0 Å². The largest absolute Gasteiger partial charge is 0.465 e. The van der Waals surface area contributed by atoms with Gasteiger partial charge >= 0.3 is 0 Å². The molecule has 25 heavy (non-hydrogen) atoms. The second-order valence-electron chi connectivity index (χ2n) is 6.01. The molecule has 2 rings (SSSR count).